The lowest BCUT2D eigenvalue weighted by atomic mass is 10.2. The monoisotopic (exact) mass is 217 g/mol. The van der Waals surface area contributed by atoms with Crippen molar-refractivity contribution in [2.45, 2.75) is 13.3 Å². The molecular formula is C11H15N5. The first-order valence-corrected chi connectivity index (χ1v) is 5.19. The Morgan fingerprint density at radius 1 is 1.38 bits per heavy atom. The molecule has 84 valence electrons. The highest BCUT2D eigenvalue weighted by atomic mass is 15.2. The Balaban J connectivity index is 1.89. The van der Waals surface area contributed by atoms with Crippen molar-refractivity contribution in [1.82, 2.24) is 15.2 Å². The van der Waals surface area contributed by atoms with E-state index in [4.69, 9.17) is 5.73 Å². The molecule has 0 unspecified atom stereocenters. The van der Waals surface area contributed by atoms with E-state index in [1.165, 1.54) is 6.33 Å². The van der Waals surface area contributed by atoms with Crippen LogP contribution in [0.5, 0.6) is 0 Å². The zero-order valence-corrected chi connectivity index (χ0v) is 9.20. The Labute approximate surface area is 94.1 Å². The fourth-order valence-electron chi connectivity index (χ4n) is 1.59. The molecule has 4 N–H and O–H groups in total. The minimum Gasteiger partial charge on any atom is -0.399 e. The average molecular weight is 217 g/mol. The number of rotatable bonds is 4. The molecule has 1 heterocycles. The van der Waals surface area contributed by atoms with Gasteiger partial charge in [0, 0.05) is 24.3 Å². The van der Waals surface area contributed by atoms with Crippen molar-refractivity contribution in [1.29, 1.82) is 0 Å². The number of H-pyrrole nitrogens is 1. The zero-order chi connectivity index (χ0) is 11.4. The summed E-state index contributed by atoms with van der Waals surface area (Å²) in [5.41, 5.74) is 8.73. The first-order valence-electron chi connectivity index (χ1n) is 5.19. The summed E-state index contributed by atoms with van der Waals surface area (Å²) in [7, 11) is 0. The number of nitrogens with zero attached hydrogens (tertiary/aromatic N) is 2. The quantitative estimate of drug-likeness (QED) is 0.675. The second kappa shape index (κ2) is 4.65. The minimum atomic E-state index is 0.780. The van der Waals surface area contributed by atoms with Crippen LogP contribution in [0.3, 0.4) is 0 Å². The van der Waals surface area contributed by atoms with Gasteiger partial charge in [0.15, 0.2) is 0 Å². The molecule has 0 aliphatic carbocycles. The number of nitrogens with one attached hydrogen (secondary N) is 2. The van der Waals surface area contributed by atoms with Crippen molar-refractivity contribution >= 4 is 11.4 Å². The molecule has 16 heavy (non-hydrogen) atoms. The number of nitrogens with two attached hydrogens (primary N) is 1. The van der Waals surface area contributed by atoms with E-state index >= 15 is 0 Å². The molecule has 0 fully saturated rings. The molecule has 5 heteroatoms. The van der Waals surface area contributed by atoms with E-state index in [1.54, 1.807) is 0 Å². The molecular weight excluding hydrogens is 202 g/mol. The van der Waals surface area contributed by atoms with Gasteiger partial charge in [-0.1, -0.05) is 0 Å². The van der Waals surface area contributed by atoms with Crippen LogP contribution in [0, 0.1) is 6.92 Å². The molecule has 1 aromatic heterocycles. The number of nitrogen functional groups attached to an aromatic ring is 1. The van der Waals surface area contributed by atoms with Crippen LogP contribution in [-0.4, -0.2) is 21.7 Å². The lowest BCUT2D eigenvalue weighted by molar-refractivity contribution is 0.901. The highest BCUT2D eigenvalue weighted by Crippen LogP contribution is 2.15. The van der Waals surface area contributed by atoms with Crippen molar-refractivity contribution in [3.63, 3.8) is 0 Å². The molecule has 0 aliphatic rings. The van der Waals surface area contributed by atoms with Crippen LogP contribution in [-0.2, 0) is 6.42 Å². The normalized spacial score (nSPS) is 10.3. The summed E-state index contributed by atoms with van der Waals surface area (Å²) in [5, 5.41) is 9.91. The van der Waals surface area contributed by atoms with Crippen molar-refractivity contribution in [2.75, 3.05) is 17.6 Å². The molecule has 0 saturated heterocycles. The Bertz CT molecular complexity index is 429. The molecule has 2 rings (SSSR count). The molecule has 0 radical (unpaired) electrons. The van der Waals surface area contributed by atoms with E-state index in [-0.39, 0.29) is 0 Å². The number of hydrogen-bond acceptors (Lipinski definition) is 4. The van der Waals surface area contributed by atoms with Crippen molar-refractivity contribution in [2.24, 2.45) is 0 Å². The molecule has 0 amide bonds. The molecule has 5 nitrogen and oxygen atoms in total. The summed E-state index contributed by atoms with van der Waals surface area (Å²) in [4.78, 5) is 4.05. The number of aromatic nitrogens is 3. The van der Waals surface area contributed by atoms with Crippen LogP contribution >= 0.6 is 0 Å². The van der Waals surface area contributed by atoms with E-state index in [9.17, 15) is 0 Å². The van der Waals surface area contributed by atoms with E-state index in [0.29, 0.717) is 0 Å². The Morgan fingerprint density at radius 2 is 2.25 bits per heavy atom. The lowest BCUT2D eigenvalue weighted by Gasteiger charge is -2.07. The SMILES string of the molecule is Cc1cc(N)cc(NCCc2ncn[nH]2)c1. The van der Waals surface area contributed by atoms with Crippen molar-refractivity contribution < 1.29 is 0 Å². The Morgan fingerprint density at radius 3 is 2.94 bits per heavy atom. The van der Waals surface area contributed by atoms with Gasteiger partial charge in [-0.25, -0.2) is 4.98 Å². The van der Waals surface area contributed by atoms with Crippen LogP contribution in [0.4, 0.5) is 11.4 Å². The maximum Gasteiger partial charge on any atom is 0.137 e. The number of hydrogen-bond donors (Lipinski definition) is 3. The number of benzene rings is 1. The van der Waals surface area contributed by atoms with Gasteiger partial charge in [0.2, 0.25) is 0 Å². The van der Waals surface area contributed by atoms with Gasteiger partial charge in [0.05, 0.1) is 0 Å². The maximum absolute atomic E-state index is 5.76. The number of anilines is 2. The second-order valence-electron chi connectivity index (χ2n) is 3.74. The second-order valence-corrected chi connectivity index (χ2v) is 3.74. The van der Waals surface area contributed by atoms with Gasteiger partial charge in [-0.05, 0) is 30.7 Å². The molecule has 0 bridgehead atoms. The lowest BCUT2D eigenvalue weighted by Crippen LogP contribution is -2.06. The van der Waals surface area contributed by atoms with Gasteiger partial charge < -0.3 is 11.1 Å². The van der Waals surface area contributed by atoms with E-state index in [1.807, 2.05) is 19.1 Å². The average Bonchev–Trinajstić information content (AvgIpc) is 2.69. The third kappa shape index (κ3) is 2.73. The first kappa shape index (κ1) is 10.5. The standard InChI is InChI=1S/C11H15N5/c1-8-4-9(12)6-10(5-8)13-3-2-11-14-7-15-16-11/h4-7,13H,2-3,12H2,1H3,(H,14,15,16). The van der Waals surface area contributed by atoms with Gasteiger partial charge in [0.1, 0.15) is 12.2 Å². The van der Waals surface area contributed by atoms with Gasteiger partial charge in [-0.3, -0.25) is 5.10 Å². The molecule has 2 aromatic rings. The summed E-state index contributed by atoms with van der Waals surface area (Å²) in [6, 6.07) is 5.94. The van der Waals surface area contributed by atoms with Gasteiger partial charge >= 0.3 is 0 Å². The van der Waals surface area contributed by atoms with Crippen LogP contribution in [0.15, 0.2) is 24.5 Å². The van der Waals surface area contributed by atoms with Crippen LogP contribution in [0.25, 0.3) is 0 Å². The van der Waals surface area contributed by atoms with Crippen molar-refractivity contribution in [3.8, 4) is 0 Å². The zero-order valence-electron chi connectivity index (χ0n) is 9.20. The summed E-state index contributed by atoms with van der Waals surface area (Å²) in [6.45, 7) is 2.83. The predicted molar refractivity (Wildman–Crippen MR) is 64.2 cm³/mol. The molecule has 0 atom stereocenters. The maximum atomic E-state index is 5.76. The van der Waals surface area contributed by atoms with E-state index in [0.717, 1.165) is 35.7 Å². The fraction of sp³-hybridized carbons (Fsp3) is 0.273. The van der Waals surface area contributed by atoms with Gasteiger partial charge in [0.25, 0.3) is 0 Å². The third-order valence-electron chi connectivity index (χ3n) is 2.26. The molecule has 1 aromatic carbocycles. The number of aromatic amines is 1. The summed E-state index contributed by atoms with van der Waals surface area (Å²) >= 11 is 0. The predicted octanol–water partition coefficient (Wildman–Crippen LogP) is 1.35. The highest BCUT2D eigenvalue weighted by Gasteiger charge is 1.97. The minimum absolute atomic E-state index is 0.780. The van der Waals surface area contributed by atoms with Gasteiger partial charge in [-0.15, -0.1) is 0 Å². The van der Waals surface area contributed by atoms with Crippen molar-refractivity contribution in [3.05, 3.63) is 35.9 Å². The fourth-order valence-corrected chi connectivity index (χ4v) is 1.59. The highest BCUT2D eigenvalue weighted by molar-refractivity contribution is 5.56. The van der Waals surface area contributed by atoms with Gasteiger partial charge in [-0.2, -0.15) is 5.10 Å². The Kier molecular flexibility index (Phi) is 3.05. The summed E-state index contributed by atoms with van der Waals surface area (Å²) in [5.74, 6) is 0.883. The first-order chi connectivity index (χ1) is 7.74. The van der Waals surface area contributed by atoms with E-state index in [2.05, 4.69) is 26.6 Å². The molecule has 0 aliphatic heterocycles. The van der Waals surface area contributed by atoms with Crippen LogP contribution < -0.4 is 11.1 Å². The third-order valence-corrected chi connectivity index (χ3v) is 2.26. The van der Waals surface area contributed by atoms with Crippen LogP contribution in [0.2, 0.25) is 0 Å². The number of aryl methyl sites for hydroxylation is 1. The molecule has 0 spiro atoms. The Hall–Kier alpha value is -2.04. The van der Waals surface area contributed by atoms with E-state index < -0.39 is 0 Å². The summed E-state index contributed by atoms with van der Waals surface area (Å²) in [6.07, 6.45) is 2.33. The molecule has 0 saturated carbocycles. The smallest absolute Gasteiger partial charge is 0.137 e. The van der Waals surface area contributed by atoms with Crippen LogP contribution in [0.1, 0.15) is 11.4 Å². The topological polar surface area (TPSA) is 79.6 Å². The largest absolute Gasteiger partial charge is 0.399 e. The summed E-state index contributed by atoms with van der Waals surface area (Å²) < 4.78 is 0.